The van der Waals surface area contributed by atoms with Crippen molar-refractivity contribution in [1.29, 1.82) is 0 Å². The van der Waals surface area contributed by atoms with Crippen molar-refractivity contribution in [2.75, 3.05) is 20.1 Å². The van der Waals surface area contributed by atoms with Crippen LogP contribution in [0.1, 0.15) is 0 Å². The molecule has 0 heterocycles. The first-order valence-electron chi connectivity index (χ1n) is 3.57. The lowest BCUT2D eigenvalue weighted by atomic mass is 10.5. The van der Waals surface area contributed by atoms with Crippen molar-refractivity contribution >= 4 is 17.8 Å². The van der Waals surface area contributed by atoms with Crippen LogP contribution in [0.4, 0.5) is 4.79 Å². The van der Waals surface area contributed by atoms with Gasteiger partial charge in [0.05, 0.1) is 13.1 Å². The third-order valence-electron chi connectivity index (χ3n) is 1.11. The Balaban J connectivity index is 3.52. The summed E-state index contributed by atoms with van der Waals surface area (Å²) >= 11 is 0. The average Bonchev–Trinajstić information content (AvgIpc) is 2.10. The number of likely N-dealkylation sites (N-methyl/N-ethyl adjacent to an activating group) is 1. The van der Waals surface area contributed by atoms with Crippen LogP contribution in [0.15, 0.2) is 0 Å². The molecular formula is C6H12N4O3. The van der Waals surface area contributed by atoms with Crippen LogP contribution in [0.25, 0.3) is 0 Å². The molecule has 4 amide bonds. The molecule has 5 N–H and O–H groups in total. The Morgan fingerprint density at radius 1 is 1.15 bits per heavy atom. The largest absolute Gasteiger partial charge is 0.368 e. The molecule has 7 heteroatoms. The molecule has 13 heavy (non-hydrogen) atoms. The molecule has 0 saturated heterocycles. The van der Waals surface area contributed by atoms with Gasteiger partial charge >= 0.3 is 6.03 Å². The van der Waals surface area contributed by atoms with Crippen molar-refractivity contribution in [3.8, 4) is 0 Å². The van der Waals surface area contributed by atoms with Gasteiger partial charge in [0.15, 0.2) is 0 Å². The Bertz CT molecular complexity index is 216. The highest BCUT2D eigenvalue weighted by molar-refractivity contribution is 5.86. The van der Waals surface area contributed by atoms with Gasteiger partial charge in [-0.25, -0.2) is 4.79 Å². The zero-order valence-electron chi connectivity index (χ0n) is 7.22. The Morgan fingerprint density at radius 2 is 1.69 bits per heavy atom. The Kier molecular flexibility index (Phi) is 5.01. The molecule has 0 bridgehead atoms. The minimum absolute atomic E-state index is 0.138. The molecule has 0 rings (SSSR count). The van der Waals surface area contributed by atoms with Gasteiger partial charge in [-0.15, -0.1) is 0 Å². The fourth-order valence-electron chi connectivity index (χ4n) is 0.479. The normalized spacial score (nSPS) is 8.69. The molecule has 0 aromatic carbocycles. The van der Waals surface area contributed by atoms with E-state index in [0.717, 1.165) is 0 Å². The van der Waals surface area contributed by atoms with Crippen molar-refractivity contribution in [1.82, 2.24) is 16.0 Å². The molecule has 0 fully saturated rings. The van der Waals surface area contributed by atoms with Gasteiger partial charge in [-0.05, 0) is 0 Å². The maximum absolute atomic E-state index is 10.8. The van der Waals surface area contributed by atoms with Crippen molar-refractivity contribution in [3.05, 3.63) is 0 Å². The number of hydrogen-bond acceptors (Lipinski definition) is 3. The summed E-state index contributed by atoms with van der Waals surface area (Å²) in [4.78, 5) is 31.6. The average molecular weight is 188 g/mol. The second kappa shape index (κ2) is 5.81. The molecule has 0 saturated carbocycles. The van der Waals surface area contributed by atoms with Crippen LogP contribution in [0, 0.1) is 0 Å². The van der Waals surface area contributed by atoms with Crippen molar-refractivity contribution < 1.29 is 14.4 Å². The molecule has 0 radical (unpaired) electrons. The van der Waals surface area contributed by atoms with Gasteiger partial charge in [0.25, 0.3) is 0 Å². The number of rotatable bonds is 4. The van der Waals surface area contributed by atoms with Crippen LogP contribution in [0.3, 0.4) is 0 Å². The summed E-state index contributed by atoms with van der Waals surface area (Å²) in [6, 6.07) is -0.609. The molecule has 0 unspecified atom stereocenters. The van der Waals surface area contributed by atoms with Gasteiger partial charge in [0, 0.05) is 7.05 Å². The summed E-state index contributed by atoms with van der Waals surface area (Å²) in [5.41, 5.74) is 4.76. The fraction of sp³-hybridized carbons (Fsp3) is 0.500. The zero-order chi connectivity index (χ0) is 10.3. The second-order valence-corrected chi connectivity index (χ2v) is 2.18. The monoisotopic (exact) mass is 188 g/mol. The van der Waals surface area contributed by atoms with Gasteiger partial charge in [0.1, 0.15) is 0 Å². The van der Waals surface area contributed by atoms with Crippen LogP contribution in [0.2, 0.25) is 0 Å². The van der Waals surface area contributed by atoms with Gasteiger partial charge in [-0.1, -0.05) is 0 Å². The van der Waals surface area contributed by atoms with Gasteiger partial charge < -0.3 is 21.7 Å². The first-order chi connectivity index (χ1) is 6.06. The number of nitrogens with one attached hydrogen (secondary N) is 3. The van der Waals surface area contributed by atoms with E-state index in [1.165, 1.54) is 7.05 Å². The van der Waals surface area contributed by atoms with Crippen molar-refractivity contribution in [3.63, 3.8) is 0 Å². The molecular weight excluding hydrogens is 176 g/mol. The minimum Gasteiger partial charge on any atom is -0.368 e. The third-order valence-corrected chi connectivity index (χ3v) is 1.11. The predicted molar refractivity (Wildman–Crippen MR) is 44.7 cm³/mol. The maximum Gasteiger partial charge on any atom is 0.315 e. The summed E-state index contributed by atoms with van der Waals surface area (Å²) in [5, 5.41) is 6.69. The Hall–Kier alpha value is -1.79. The lowest BCUT2D eigenvalue weighted by Gasteiger charge is -2.04. The summed E-state index contributed by atoms with van der Waals surface area (Å²) in [5.74, 6) is -0.968. The number of urea groups is 1. The Labute approximate surface area is 75.0 Å². The highest BCUT2D eigenvalue weighted by Gasteiger charge is 2.03. The van der Waals surface area contributed by atoms with E-state index in [9.17, 15) is 14.4 Å². The third kappa shape index (κ3) is 6.60. The van der Waals surface area contributed by atoms with Crippen LogP contribution in [-0.2, 0) is 9.59 Å². The molecule has 7 nitrogen and oxygen atoms in total. The van der Waals surface area contributed by atoms with E-state index in [2.05, 4.69) is 16.0 Å². The zero-order valence-corrected chi connectivity index (χ0v) is 7.22. The molecule has 0 aliphatic heterocycles. The van der Waals surface area contributed by atoms with Gasteiger partial charge in [-0.2, -0.15) is 0 Å². The smallest absolute Gasteiger partial charge is 0.315 e. The highest BCUT2D eigenvalue weighted by Crippen LogP contribution is 1.65. The SMILES string of the molecule is CNC(=O)CNC(=O)NCC(N)=O. The van der Waals surface area contributed by atoms with E-state index < -0.39 is 11.9 Å². The van der Waals surface area contributed by atoms with Crippen LogP contribution >= 0.6 is 0 Å². The van der Waals surface area contributed by atoms with Crippen LogP contribution in [0.5, 0.6) is 0 Å². The fourth-order valence-corrected chi connectivity index (χ4v) is 0.479. The summed E-state index contributed by atoms with van der Waals surface area (Å²) in [6.07, 6.45) is 0. The van der Waals surface area contributed by atoms with E-state index in [-0.39, 0.29) is 19.0 Å². The molecule has 0 aromatic heterocycles. The van der Waals surface area contributed by atoms with Gasteiger partial charge in [-0.3, -0.25) is 9.59 Å². The highest BCUT2D eigenvalue weighted by atomic mass is 16.2. The van der Waals surface area contributed by atoms with E-state index in [0.29, 0.717) is 0 Å². The predicted octanol–water partition coefficient (Wildman–Crippen LogP) is -2.48. The molecule has 0 atom stereocenters. The van der Waals surface area contributed by atoms with Crippen molar-refractivity contribution in [2.45, 2.75) is 0 Å². The summed E-state index contributed by atoms with van der Waals surface area (Å²) < 4.78 is 0. The van der Waals surface area contributed by atoms with Gasteiger partial charge in [0.2, 0.25) is 11.8 Å². The number of nitrogens with two attached hydrogens (primary N) is 1. The Morgan fingerprint density at radius 3 is 2.15 bits per heavy atom. The molecule has 0 aromatic rings. The van der Waals surface area contributed by atoms with Crippen LogP contribution in [-0.4, -0.2) is 38.0 Å². The quantitative estimate of drug-likeness (QED) is 0.391. The first kappa shape index (κ1) is 11.2. The number of carbonyl (C=O) groups is 3. The molecule has 74 valence electrons. The number of carbonyl (C=O) groups excluding carboxylic acids is 3. The standard InChI is InChI=1S/C6H12N4O3/c1-8-5(12)3-10-6(13)9-2-4(7)11/h2-3H2,1H3,(H2,7,11)(H,8,12)(H2,9,10,13). The van der Waals surface area contributed by atoms with Crippen molar-refractivity contribution in [2.24, 2.45) is 5.73 Å². The van der Waals surface area contributed by atoms with E-state index in [1.807, 2.05) is 0 Å². The summed E-state index contributed by atoms with van der Waals surface area (Å²) in [6.45, 7) is -0.388. The number of amides is 4. The minimum atomic E-state index is -0.643. The lowest BCUT2D eigenvalue weighted by Crippen LogP contribution is -2.43. The molecule has 0 spiro atoms. The maximum atomic E-state index is 10.8. The molecule has 0 aliphatic carbocycles. The van der Waals surface area contributed by atoms with E-state index >= 15 is 0 Å². The first-order valence-corrected chi connectivity index (χ1v) is 3.57. The van der Waals surface area contributed by atoms with Crippen LogP contribution < -0.4 is 21.7 Å². The second-order valence-electron chi connectivity index (χ2n) is 2.18. The number of primary amides is 1. The van der Waals surface area contributed by atoms with E-state index in [1.54, 1.807) is 0 Å². The van der Waals surface area contributed by atoms with E-state index in [4.69, 9.17) is 5.73 Å². The molecule has 0 aliphatic rings. The summed E-state index contributed by atoms with van der Waals surface area (Å²) in [7, 11) is 1.45. The topological polar surface area (TPSA) is 113 Å². The lowest BCUT2D eigenvalue weighted by molar-refractivity contribution is -0.119. The number of hydrogen-bond donors (Lipinski definition) is 4.